The first-order valence-corrected chi connectivity index (χ1v) is 12.5. The Morgan fingerprint density at radius 1 is 1.09 bits per heavy atom. The average Bonchev–Trinajstić information content (AvgIpc) is 2.85. The predicted molar refractivity (Wildman–Crippen MR) is 134 cm³/mol. The SMILES string of the molecule is CCC(COCc1ccccc1)Nc1c(Nc2ccc(Cl)c(S(=O)(=O)N(C)OC)c2O)c(=O)c1=O. The molecule has 0 saturated carbocycles. The number of nitrogens with one attached hydrogen (secondary N) is 2. The van der Waals surface area contributed by atoms with Gasteiger partial charge >= 0.3 is 0 Å². The fourth-order valence-electron chi connectivity index (χ4n) is 3.26. The second kappa shape index (κ2) is 11.2. The maximum absolute atomic E-state index is 12.7. The minimum Gasteiger partial charge on any atom is -0.504 e. The molecule has 1 atom stereocenters. The minimum absolute atomic E-state index is 0.0259. The highest BCUT2D eigenvalue weighted by Gasteiger charge is 2.31. The minimum atomic E-state index is -4.30. The quantitative estimate of drug-likeness (QED) is 0.186. The van der Waals surface area contributed by atoms with Crippen LogP contribution in [-0.4, -0.2) is 44.8 Å². The van der Waals surface area contributed by atoms with Crippen LogP contribution in [0.5, 0.6) is 5.75 Å². The first kappa shape index (κ1) is 26.6. The first-order chi connectivity index (χ1) is 16.6. The Hall–Kier alpha value is -2.96. The Balaban J connectivity index is 1.80. The molecule has 0 spiro atoms. The number of halogens is 1. The summed E-state index contributed by atoms with van der Waals surface area (Å²) in [4.78, 5) is 28.6. The van der Waals surface area contributed by atoms with Gasteiger partial charge in [-0.2, -0.15) is 0 Å². The molecule has 0 fully saturated rings. The summed E-state index contributed by atoms with van der Waals surface area (Å²) in [7, 11) is -2.03. The third-order valence-corrected chi connectivity index (χ3v) is 7.56. The van der Waals surface area contributed by atoms with Crippen LogP contribution in [0.2, 0.25) is 5.02 Å². The molecule has 0 aliphatic rings. The van der Waals surface area contributed by atoms with E-state index in [1.165, 1.54) is 12.1 Å². The molecule has 10 nitrogen and oxygen atoms in total. The summed E-state index contributed by atoms with van der Waals surface area (Å²) >= 11 is 6.02. The Morgan fingerprint density at radius 2 is 1.74 bits per heavy atom. The molecule has 188 valence electrons. The van der Waals surface area contributed by atoms with Gasteiger partial charge in [0.2, 0.25) is 0 Å². The van der Waals surface area contributed by atoms with Crippen LogP contribution in [-0.2, 0) is 26.2 Å². The van der Waals surface area contributed by atoms with Crippen LogP contribution in [0.25, 0.3) is 0 Å². The zero-order valence-electron chi connectivity index (χ0n) is 19.4. The molecule has 0 radical (unpaired) electrons. The van der Waals surface area contributed by atoms with Gasteiger partial charge < -0.3 is 20.5 Å². The number of anilines is 3. The lowest BCUT2D eigenvalue weighted by atomic mass is 10.1. The lowest BCUT2D eigenvalue weighted by molar-refractivity contribution is -0.0259. The third kappa shape index (κ3) is 5.65. The maximum atomic E-state index is 12.7. The smallest absolute Gasteiger partial charge is 0.269 e. The predicted octanol–water partition coefficient (Wildman–Crippen LogP) is 2.97. The monoisotopic (exact) mass is 523 g/mol. The molecular formula is C23H26ClN3O7S. The van der Waals surface area contributed by atoms with Gasteiger partial charge in [0.15, 0.2) is 5.75 Å². The summed E-state index contributed by atoms with van der Waals surface area (Å²) in [5.74, 6) is -0.723. The van der Waals surface area contributed by atoms with Crippen LogP contribution in [0.3, 0.4) is 0 Å². The van der Waals surface area contributed by atoms with Gasteiger partial charge in [0.05, 0.1) is 31.0 Å². The topological polar surface area (TPSA) is 134 Å². The molecule has 0 heterocycles. The average molecular weight is 524 g/mol. The van der Waals surface area contributed by atoms with Gasteiger partial charge in [0, 0.05) is 13.1 Å². The molecule has 3 aromatic carbocycles. The van der Waals surface area contributed by atoms with E-state index < -0.39 is 31.5 Å². The Bertz CT molecular complexity index is 1360. The van der Waals surface area contributed by atoms with Crippen LogP contribution >= 0.6 is 11.6 Å². The van der Waals surface area contributed by atoms with Crippen molar-refractivity contribution in [1.29, 1.82) is 0 Å². The summed E-state index contributed by atoms with van der Waals surface area (Å²) in [5.41, 5.74) is -0.729. The maximum Gasteiger partial charge on any atom is 0.269 e. The van der Waals surface area contributed by atoms with Crippen molar-refractivity contribution in [2.24, 2.45) is 0 Å². The zero-order valence-corrected chi connectivity index (χ0v) is 20.9. The highest BCUT2D eigenvalue weighted by molar-refractivity contribution is 7.89. The molecule has 0 bridgehead atoms. The number of hydroxylamine groups is 1. The molecule has 35 heavy (non-hydrogen) atoms. The second-order valence-corrected chi connectivity index (χ2v) is 9.93. The number of ether oxygens (including phenoxy) is 1. The van der Waals surface area contributed by atoms with Gasteiger partial charge in [0.1, 0.15) is 16.3 Å². The second-order valence-electron chi connectivity index (χ2n) is 7.65. The van der Waals surface area contributed by atoms with Crippen molar-refractivity contribution >= 4 is 38.7 Å². The van der Waals surface area contributed by atoms with Crippen LogP contribution in [0.15, 0.2) is 56.9 Å². The lowest BCUT2D eigenvalue weighted by Gasteiger charge is -2.22. The standard InChI is InChI=1S/C23H26ClN3O7S/c1-4-15(13-34-12-14-8-6-5-7-9-14)25-18-19(22(30)21(18)29)26-17-11-10-16(24)23(20(17)28)35(31,32)27(2)33-3/h5-11,15,25-26,28H,4,12-13H2,1-3H3. The molecule has 3 rings (SSSR count). The first-order valence-electron chi connectivity index (χ1n) is 10.6. The van der Waals surface area contributed by atoms with E-state index in [0.717, 1.165) is 19.7 Å². The Labute approximate surface area is 207 Å². The fraction of sp³-hybridized carbons (Fsp3) is 0.304. The van der Waals surface area contributed by atoms with E-state index in [0.29, 0.717) is 17.5 Å². The number of phenolic OH excluding ortho intramolecular Hbond substituents is 1. The van der Waals surface area contributed by atoms with E-state index in [4.69, 9.17) is 21.2 Å². The van der Waals surface area contributed by atoms with E-state index in [1.807, 2.05) is 37.3 Å². The summed E-state index contributed by atoms with van der Waals surface area (Å²) in [6, 6.07) is 11.9. The molecule has 0 saturated heterocycles. The number of sulfonamides is 1. The number of phenols is 1. The number of rotatable bonds is 12. The zero-order chi connectivity index (χ0) is 25.8. The normalized spacial score (nSPS) is 12.7. The summed E-state index contributed by atoms with van der Waals surface area (Å²) in [6.07, 6.45) is 0.602. The molecule has 0 aromatic heterocycles. The van der Waals surface area contributed by atoms with Gasteiger partial charge in [0.25, 0.3) is 20.9 Å². The molecule has 0 aliphatic carbocycles. The Kier molecular flexibility index (Phi) is 8.51. The van der Waals surface area contributed by atoms with E-state index in [1.54, 1.807) is 0 Å². The van der Waals surface area contributed by atoms with E-state index in [-0.39, 0.29) is 34.7 Å². The number of hydrogen-bond acceptors (Lipinski definition) is 9. The number of benzene rings is 2. The van der Waals surface area contributed by atoms with Crippen LogP contribution in [0.1, 0.15) is 18.9 Å². The number of hydrogen-bond donors (Lipinski definition) is 3. The summed E-state index contributed by atoms with van der Waals surface area (Å²) < 4.78 is 31.6. The van der Waals surface area contributed by atoms with E-state index >= 15 is 0 Å². The largest absolute Gasteiger partial charge is 0.504 e. The molecular weight excluding hydrogens is 498 g/mol. The van der Waals surface area contributed by atoms with Gasteiger partial charge in [-0.15, -0.1) is 0 Å². The molecule has 0 amide bonds. The summed E-state index contributed by atoms with van der Waals surface area (Å²) in [6.45, 7) is 2.57. The van der Waals surface area contributed by atoms with Crippen LogP contribution in [0, 0.1) is 0 Å². The molecule has 3 aromatic rings. The van der Waals surface area contributed by atoms with Crippen LogP contribution < -0.4 is 21.5 Å². The highest BCUT2D eigenvalue weighted by atomic mass is 35.5. The molecule has 0 aliphatic heterocycles. The van der Waals surface area contributed by atoms with Gasteiger partial charge in [-0.3, -0.25) is 14.4 Å². The number of aromatic hydroxyl groups is 1. The van der Waals surface area contributed by atoms with Gasteiger partial charge in [-0.05, 0) is 24.1 Å². The van der Waals surface area contributed by atoms with Gasteiger partial charge in [-0.1, -0.05) is 53.3 Å². The van der Waals surface area contributed by atoms with E-state index in [9.17, 15) is 23.1 Å². The summed E-state index contributed by atoms with van der Waals surface area (Å²) in [5, 5.41) is 16.1. The van der Waals surface area contributed by atoms with Crippen molar-refractivity contribution in [2.75, 3.05) is 31.4 Å². The fourth-order valence-corrected chi connectivity index (χ4v) is 4.83. The molecule has 12 heteroatoms. The van der Waals surface area contributed by atoms with Crippen molar-refractivity contribution in [3.05, 3.63) is 73.5 Å². The number of nitrogens with zero attached hydrogens (tertiary/aromatic N) is 1. The van der Waals surface area contributed by atoms with Crippen molar-refractivity contribution in [3.8, 4) is 5.75 Å². The highest BCUT2D eigenvalue weighted by Crippen LogP contribution is 2.39. The van der Waals surface area contributed by atoms with Crippen molar-refractivity contribution in [3.63, 3.8) is 0 Å². The van der Waals surface area contributed by atoms with Crippen LogP contribution in [0.4, 0.5) is 17.1 Å². The van der Waals surface area contributed by atoms with Crippen molar-refractivity contribution < 1.29 is 23.1 Å². The third-order valence-electron chi connectivity index (χ3n) is 5.38. The lowest BCUT2D eigenvalue weighted by Crippen LogP contribution is -2.40. The van der Waals surface area contributed by atoms with E-state index in [2.05, 4.69) is 10.6 Å². The van der Waals surface area contributed by atoms with Crippen molar-refractivity contribution in [1.82, 2.24) is 4.47 Å². The molecule has 3 N–H and O–H groups in total. The van der Waals surface area contributed by atoms with Crippen molar-refractivity contribution in [2.45, 2.75) is 30.9 Å². The molecule has 1 unspecified atom stereocenters. The van der Waals surface area contributed by atoms with Gasteiger partial charge in [-0.25, -0.2) is 8.42 Å². The Morgan fingerprint density at radius 3 is 2.37 bits per heavy atom.